The molecule has 0 spiro atoms. The van der Waals surface area contributed by atoms with Crippen LogP contribution in [0.2, 0.25) is 0 Å². The fourth-order valence-electron chi connectivity index (χ4n) is 10.4. The molecule has 6 heteroatoms. The lowest BCUT2D eigenvalue weighted by Crippen LogP contribution is -2.30. The maximum Gasteiger partial charge on any atom is 0.306 e. The molecule has 6 nitrogen and oxygen atoms in total. The molecule has 0 rings (SSSR count). The van der Waals surface area contributed by atoms with Crippen molar-refractivity contribution in [2.45, 2.75) is 380 Å². The van der Waals surface area contributed by atoms with Crippen LogP contribution < -0.4 is 0 Å². The molecule has 0 saturated carbocycles. The van der Waals surface area contributed by atoms with Crippen LogP contribution in [0.4, 0.5) is 0 Å². The fourth-order valence-corrected chi connectivity index (χ4v) is 10.4. The highest BCUT2D eigenvalue weighted by Crippen LogP contribution is 2.18. The largest absolute Gasteiger partial charge is 0.462 e. The number of allylic oxidation sites excluding steroid dienone is 8. The molecule has 0 aliphatic heterocycles. The summed E-state index contributed by atoms with van der Waals surface area (Å²) in [5.74, 6) is -0.867. The van der Waals surface area contributed by atoms with Gasteiger partial charge in [0.05, 0.1) is 0 Å². The Morgan fingerprint density at radius 3 is 0.795 bits per heavy atom. The molecule has 0 amide bonds. The van der Waals surface area contributed by atoms with Crippen LogP contribution in [-0.2, 0) is 28.6 Å². The molecule has 0 aromatic rings. The fraction of sp³-hybridized carbons (Fsp3) is 0.847. The molecule has 78 heavy (non-hydrogen) atoms. The van der Waals surface area contributed by atoms with Gasteiger partial charge in [0, 0.05) is 19.3 Å². The van der Waals surface area contributed by atoms with Crippen molar-refractivity contribution < 1.29 is 28.6 Å². The Kier molecular flexibility index (Phi) is 64.6. The Labute approximate surface area is 486 Å². The third kappa shape index (κ3) is 64.2. The molecule has 0 N–H and O–H groups in total. The normalized spacial score (nSPS) is 12.3. The second kappa shape index (κ2) is 66.9. The first-order valence-electron chi connectivity index (χ1n) is 34.6. The topological polar surface area (TPSA) is 78.9 Å². The molecule has 0 radical (unpaired) electrons. The van der Waals surface area contributed by atoms with Crippen molar-refractivity contribution in [1.82, 2.24) is 0 Å². The predicted octanol–water partition coefficient (Wildman–Crippen LogP) is 23.7. The van der Waals surface area contributed by atoms with Crippen LogP contribution in [0.1, 0.15) is 374 Å². The van der Waals surface area contributed by atoms with Crippen LogP contribution in [0, 0.1) is 0 Å². The Bertz CT molecular complexity index is 1350. The Balaban J connectivity index is 4.29. The highest BCUT2D eigenvalue weighted by Gasteiger charge is 2.19. The van der Waals surface area contributed by atoms with Gasteiger partial charge < -0.3 is 14.2 Å². The van der Waals surface area contributed by atoms with E-state index in [1.165, 1.54) is 238 Å². The number of carbonyl (C=O) groups is 3. The standard InChI is InChI=1S/C72H132O6/c1-4-7-10-13-16-19-22-25-28-30-32-34-36-38-39-41-44-47-50-53-56-59-62-65-71(74)77-68-69(67-76-70(73)64-61-58-55-52-49-46-43-27-24-21-18-15-12-9-6-3)78-72(75)66-63-60-57-54-51-48-45-42-40-37-35-33-31-29-26-23-20-17-14-11-8-5-2/h9,12,18,21,27,30,32,43,69H,4-8,10-11,13-17,19-20,22-26,28-29,31,33-42,44-68H2,1-3H3/b12-9-,21-18-,32-30-,43-27-. The molecule has 0 aromatic carbocycles. The Morgan fingerprint density at radius 2 is 0.500 bits per heavy atom. The van der Waals surface area contributed by atoms with E-state index in [0.717, 1.165) is 96.3 Å². The van der Waals surface area contributed by atoms with Crippen molar-refractivity contribution in [3.63, 3.8) is 0 Å². The molecule has 0 heterocycles. The zero-order valence-corrected chi connectivity index (χ0v) is 52.5. The van der Waals surface area contributed by atoms with E-state index in [-0.39, 0.29) is 31.1 Å². The zero-order valence-electron chi connectivity index (χ0n) is 52.5. The molecule has 1 atom stereocenters. The van der Waals surface area contributed by atoms with Crippen molar-refractivity contribution in [2.75, 3.05) is 13.2 Å². The summed E-state index contributed by atoms with van der Waals surface area (Å²) in [5.41, 5.74) is 0. The van der Waals surface area contributed by atoms with Crippen LogP contribution >= 0.6 is 0 Å². The van der Waals surface area contributed by atoms with E-state index >= 15 is 0 Å². The quantitative estimate of drug-likeness (QED) is 0.0261. The van der Waals surface area contributed by atoms with Gasteiger partial charge in [0.15, 0.2) is 6.10 Å². The van der Waals surface area contributed by atoms with Crippen LogP contribution in [-0.4, -0.2) is 37.2 Å². The van der Waals surface area contributed by atoms with Gasteiger partial charge in [0.2, 0.25) is 0 Å². The number of hydrogen-bond acceptors (Lipinski definition) is 6. The van der Waals surface area contributed by atoms with Gasteiger partial charge in [-0.15, -0.1) is 0 Å². The highest BCUT2D eigenvalue weighted by molar-refractivity contribution is 5.71. The predicted molar refractivity (Wildman–Crippen MR) is 339 cm³/mol. The highest BCUT2D eigenvalue weighted by atomic mass is 16.6. The van der Waals surface area contributed by atoms with Gasteiger partial charge in [-0.2, -0.15) is 0 Å². The Hall–Kier alpha value is -2.63. The molecule has 0 fully saturated rings. The molecule has 0 aromatic heterocycles. The van der Waals surface area contributed by atoms with Gasteiger partial charge in [-0.05, 0) is 77.0 Å². The number of ether oxygens (including phenoxy) is 3. The maximum absolute atomic E-state index is 13.0. The third-order valence-electron chi connectivity index (χ3n) is 15.6. The summed E-state index contributed by atoms with van der Waals surface area (Å²) >= 11 is 0. The van der Waals surface area contributed by atoms with E-state index in [0.29, 0.717) is 19.3 Å². The summed E-state index contributed by atoms with van der Waals surface area (Å²) in [6.07, 6.45) is 84.2. The smallest absolute Gasteiger partial charge is 0.306 e. The van der Waals surface area contributed by atoms with Crippen molar-refractivity contribution in [1.29, 1.82) is 0 Å². The van der Waals surface area contributed by atoms with Crippen LogP contribution in [0.15, 0.2) is 48.6 Å². The molecule has 1 unspecified atom stereocenters. The first kappa shape index (κ1) is 75.4. The summed E-state index contributed by atoms with van der Waals surface area (Å²) < 4.78 is 17.0. The zero-order chi connectivity index (χ0) is 56.4. The second-order valence-electron chi connectivity index (χ2n) is 23.4. The van der Waals surface area contributed by atoms with E-state index in [1.807, 2.05) is 0 Å². The minimum Gasteiger partial charge on any atom is -0.462 e. The minimum atomic E-state index is -0.780. The summed E-state index contributed by atoms with van der Waals surface area (Å²) in [6, 6.07) is 0. The van der Waals surface area contributed by atoms with Crippen LogP contribution in [0.5, 0.6) is 0 Å². The SMILES string of the molecule is CC/C=C\C/C=C\C/C=C\CCCCCCCC(=O)OCC(COC(=O)CCCCCCCCCCCCC/C=C\CCCCCCCCCC)OC(=O)CCCCCCCCCCCCCCCCCCCCCCCC. The molecule has 0 bridgehead atoms. The molecule has 0 saturated heterocycles. The average molecular weight is 1090 g/mol. The van der Waals surface area contributed by atoms with Gasteiger partial charge in [0.25, 0.3) is 0 Å². The third-order valence-corrected chi connectivity index (χ3v) is 15.6. The van der Waals surface area contributed by atoms with Gasteiger partial charge >= 0.3 is 17.9 Å². The van der Waals surface area contributed by atoms with Gasteiger partial charge in [-0.1, -0.05) is 326 Å². The van der Waals surface area contributed by atoms with Crippen LogP contribution in [0.25, 0.3) is 0 Å². The number of carbonyl (C=O) groups excluding carboxylic acids is 3. The monoisotopic (exact) mass is 1090 g/mol. The molecule has 0 aliphatic carbocycles. The molecule has 456 valence electrons. The molecular weight excluding hydrogens is 961 g/mol. The maximum atomic E-state index is 13.0. The minimum absolute atomic E-state index is 0.0751. The van der Waals surface area contributed by atoms with E-state index in [2.05, 4.69) is 69.4 Å². The van der Waals surface area contributed by atoms with Gasteiger partial charge in [-0.3, -0.25) is 14.4 Å². The van der Waals surface area contributed by atoms with Gasteiger partial charge in [0.1, 0.15) is 13.2 Å². The van der Waals surface area contributed by atoms with Crippen LogP contribution in [0.3, 0.4) is 0 Å². The number of rotatable bonds is 64. The van der Waals surface area contributed by atoms with Crippen molar-refractivity contribution in [2.24, 2.45) is 0 Å². The lowest BCUT2D eigenvalue weighted by Gasteiger charge is -2.18. The summed E-state index contributed by atoms with van der Waals surface area (Å²) in [5, 5.41) is 0. The first-order chi connectivity index (χ1) is 38.5. The van der Waals surface area contributed by atoms with E-state index in [9.17, 15) is 14.4 Å². The van der Waals surface area contributed by atoms with Crippen molar-refractivity contribution in [3.05, 3.63) is 48.6 Å². The van der Waals surface area contributed by atoms with Crippen molar-refractivity contribution in [3.8, 4) is 0 Å². The lowest BCUT2D eigenvalue weighted by molar-refractivity contribution is -0.167. The first-order valence-corrected chi connectivity index (χ1v) is 34.6. The summed E-state index contributed by atoms with van der Waals surface area (Å²) in [4.78, 5) is 38.4. The van der Waals surface area contributed by atoms with Crippen molar-refractivity contribution >= 4 is 17.9 Å². The van der Waals surface area contributed by atoms with E-state index in [4.69, 9.17) is 14.2 Å². The second-order valence-corrected chi connectivity index (χ2v) is 23.4. The summed E-state index contributed by atoms with van der Waals surface area (Å²) in [7, 11) is 0. The number of unbranched alkanes of at least 4 members (excludes halogenated alkanes) is 45. The summed E-state index contributed by atoms with van der Waals surface area (Å²) in [6.45, 7) is 6.58. The lowest BCUT2D eigenvalue weighted by atomic mass is 10.0. The van der Waals surface area contributed by atoms with Gasteiger partial charge in [-0.25, -0.2) is 0 Å². The number of hydrogen-bond donors (Lipinski definition) is 0. The van der Waals surface area contributed by atoms with E-state index in [1.54, 1.807) is 0 Å². The molecular formula is C72H132O6. The Morgan fingerprint density at radius 1 is 0.269 bits per heavy atom. The molecule has 0 aliphatic rings. The number of esters is 3. The van der Waals surface area contributed by atoms with E-state index < -0.39 is 6.10 Å². The average Bonchev–Trinajstić information content (AvgIpc) is 3.44.